The monoisotopic (exact) mass is 368 g/mol. The number of benzene rings is 2. The van der Waals surface area contributed by atoms with E-state index < -0.39 is 5.97 Å². The first-order valence-corrected chi connectivity index (χ1v) is 8.60. The Bertz CT molecular complexity index is 804. The number of carbonyl (C=O) groups excluding carboxylic acids is 1. The molecule has 0 saturated heterocycles. The predicted octanol–water partition coefficient (Wildman–Crippen LogP) is 3.14. The highest BCUT2D eigenvalue weighted by molar-refractivity contribution is 5.83. The minimum absolute atomic E-state index is 0.0826. The van der Waals surface area contributed by atoms with E-state index in [1.807, 2.05) is 24.3 Å². The smallest absolute Gasteiger partial charge is 0.341 e. The number of hydrogen-bond donors (Lipinski definition) is 2. The van der Waals surface area contributed by atoms with E-state index in [-0.39, 0.29) is 24.3 Å². The van der Waals surface area contributed by atoms with Gasteiger partial charge in [-0.3, -0.25) is 4.79 Å². The number of carboxylic acid groups (broad SMARTS) is 1. The number of rotatable bonds is 7. The van der Waals surface area contributed by atoms with Gasteiger partial charge in [-0.15, -0.1) is 0 Å². The number of amides is 1. The highest BCUT2D eigenvalue weighted by Crippen LogP contribution is 2.22. The molecule has 2 aromatic rings. The molecule has 0 aromatic heterocycles. The van der Waals surface area contributed by atoms with Crippen LogP contribution in [0.15, 0.2) is 53.6 Å². The van der Waals surface area contributed by atoms with Gasteiger partial charge in [0, 0.05) is 0 Å². The van der Waals surface area contributed by atoms with Crippen molar-refractivity contribution in [3.8, 4) is 5.75 Å². The number of carbonyl (C=O) groups is 2. The van der Waals surface area contributed by atoms with E-state index in [1.165, 1.54) is 11.8 Å². The molecule has 0 heterocycles. The third-order valence-corrected chi connectivity index (χ3v) is 3.83. The highest BCUT2D eigenvalue weighted by atomic mass is 16.5. The van der Waals surface area contributed by atoms with Crippen LogP contribution in [0.4, 0.5) is 0 Å². The molecule has 2 rings (SSSR count). The zero-order valence-electron chi connectivity index (χ0n) is 15.7. The van der Waals surface area contributed by atoms with Crippen molar-refractivity contribution >= 4 is 18.1 Å². The van der Waals surface area contributed by atoms with Crippen LogP contribution in [0.5, 0.6) is 5.75 Å². The first-order chi connectivity index (χ1) is 12.7. The average Bonchev–Trinajstić information content (AvgIpc) is 2.60. The Morgan fingerprint density at radius 1 is 1.07 bits per heavy atom. The van der Waals surface area contributed by atoms with Gasteiger partial charge in [0.15, 0.2) is 6.61 Å². The number of nitrogens with one attached hydrogen (secondary N) is 1. The molecule has 0 aliphatic heterocycles. The second kappa shape index (κ2) is 8.98. The van der Waals surface area contributed by atoms with Crippen molar-refractivity contribution in [2.24, 2.45) is 5.10 Å². The predicted molar refractivity (Wildman–Crippen MR) is 104 cm³/mol. The van der Waals surface area contributed by atoms with Crippen molar-refractivity contribution in [1.29, 1.82) is 0 Å². The van der Waals surface area contributed by atoms with Crippen LogP contribution in [0, 0.1) is 0 Å². The second-order valence-corrected chi connectivity index (χ2v) is 7.17. The van der Waals surface area contributed by atoms with Crippen LogP contribution in [0.2, 0.25) is 0 Å². The van der Waals surface area contributed by atoms with Gasteiger partial charge in [-0.1, -0.05) is 45.0 Å². The summed E-state index contributed by atoms with van der Waals surface area (Å²) in [6.45, 7) is 6.05. The molecule has 0 atom stereocenters. The maximum Gasteiger partial charge on any atom is 0.341 e. The summed E-state index contributed by atoms with van der Waals surface area (Å²) in [6, 6.07) is 14.7. The van der Waals surface area contributed by atoms with Gasteiger partial charge in [-0.2, -0.15) is 5.10 Å². The van der Waals surface area contributed by atoms with Crippen LogP contribution in [0.25, 0.3) is 0 Å². The van der Waals surface area contributed by atoms with E-state index >= 15 is 0 Å². The minimum Gasteiger partial charge on any atom is -0.482 e. The SMILES string of the molecule is CC(C)(C)c1ccc(CC(=O)N/N=C\c2ccc(OCC(=O)O)cc2)cc1. The average molecular weight is 368 g/mol. The summed E-state index contributed by atoms with van der Waals surface area (Å²) >= 11 is 0. The molecule has 0 radical (unpaired) electrons. The molecular formula is C21H24N2O4. The maximum atomic E-state index is 12.0. The lowest BCUT2D eigenvalue weighted by atomic mass is 9.86. The molecule has 0 fully saturated rings. The van der Waals surface area contributed by atoms with Crippen LogP contribution in [0.1, 0.15) is 37.5 Å². The molecule has 6 heteroatoms. The summed E-state index contributed by atoms with van der Waals surface area (Å²) in [5.41, 5.74) is 5.49. The zero-order valence-corrected chi connectivity index (χ0v) is 15.7. The van der Waals surface area contributed by atoms with Crippen molar-refractivity contribution in [2.45, 2.75) is 32.6 Å². The van der Waals surface area contributed by atoms with E-state index in [9.17, 15) is 9.59 Å². The molecule has 0 unspecified atom stereocenters. The Kier molecular flexibility index (Phi) is 6.71. The Balaban J connectivity index is 1.83. The number of hydrogen-bond acceptors (Lipinski definition) is 4. The summed E-state index contributed by atoms with van der Waals surface area (Å²) in [6.07, 6.45) is 1.77. The summed E-state index contributed by atoms with van der Waals surface area (Å²) in [7, 11) is 0. The van der Waals surface area contributed by atoms with Gasteiger partial charge in [0.2, 0.25) is 5.91 Å². The first kappa shape index (κ1) is 20.2. The number of aliphatic carboxylic acids is 1. The molecule has 27 heavy (non-hydrogen) atoms. The van der Waals surface area contributed by atoms with Crippen molar-refractivity contribution in [3.05, 3.63) is 65.2 Å². The molecule has 142 valence electrons. The van der Waals surface area contributed by atoms with E-state index in [0.717, 1.165) is 11.1 Å². The third kappa shape index (κ3) is 6.93. The molecule has 2 N–H and O–H groups in total. The van der Waals surface area contributed by atoms with E-state index in [1.54, 1.807) is 24.3 Å². The zero-order chi connectivity index (χ0) is 19.9. The Morgan fingerprint density at radius 3 is 2.26 bits per heavy atom. The van der Waals surface area contributed by atoms with Crippen molar-refractivity contribution in [1.82, 2.24) is 5.43 Å². The highest BCUT2D eigenvalue weighted by Gasteiger charge is 2.13. The molecule has 2 aromatic carbocycles. The molecule has 1 amide bonds. The van der Waals surface area contributed by atoms with E-state index in [4.69, 9.17) is 9.84 Å². The van der Waals surface area contributed by atoms with Gasteiger partial charge in [0.25, 0.3) is 0 Å². The first-order valence-electron chi connectivity index (χ1n) is 8.60. The molecule has 0 aliphatic rings. The second-order valence-electron chi connectivity index (χ2n) is 7.17. The van der Waals surface area contributed by atoms with Crippen molar-refractivity contribution < 1.29 is 19.4 Å². The third-order valence-electron chi connectivity index (χ3n) is 3.83. The minimum atomic E-state index is -1.03. The number of ether oxygens (including phenoxy) is 1. The molecule has 0 saturated carbocycles. The van der Waals surface area contributed by atoms with E-state index in [2.05, 4.69) is 31.3 Å². The van der Waals surface area contributed by atoms with Crippen LogP contribution >= 0.6 is 0 Å². The van der Waals surface area contributed by atoms with Gasteiger partial charge in [-0.25, -0.2) is 10.2 Å². The molecule has 0 aliphatic carbocycles. The van der Waals surface area contributed by atoms with Crippen LogP contribution in [-0.2, 0) is 21.4 Å². The summed E-state index contributed by atoms with van der Waals surface area (Å²) in [5.74, 6) is -0.773. The van der Waals surface area contributed by atoms with Crippen LogP contribution in [-0.4, -0.2) is 29.8 Å². The molecule has 0 bridgehead atoms. The Labute approximate surface area is 158 Å². The van der Waals surface area contributed by atoms with Crippen LogP contribution < -0.4 is 10.2 Å². The van der Waals surface area contributed by atoms with Gasteiger partial charge >= 0.3 is 5.97 Å². The molecular weight excluding hydrogens is 344 g/mol. The van der Waals surface area contributed by atoms with Gasteiger partial charge in [0.05, 0.1) is 12.6 Å². The van der Waals surface area contributed by atoms with Crippen LogP contribution in [0.3, 0.4) is 0 Å². The number of hydrazone groups is 1. The van der Waals surface area contributed by atoms with Crippen molar-refractivity contribution in [2.75, 3.05) is 6.61 Å². The Morgan fingerprint density at radius 2 is 1.70 bits per heavy atom. The van der Waals surface area contributed by atoms with Gasteiger partial charge < -0.3 is 9.84 Å². The topological polar surface area (TPSA) is 88.0 Å². The summed E-state index contributed by atoms with van der Waals surface area (Å²) in [5, 5.41) is 12.5. The quantitative estimate of drug-likeness (QED) is 0.580. The fourth-order valence-corrected chi connectivity index (χ4v) is 2.32. The number of nitrogens with zero attached hydrogens (tertiary/aromatic N) is 1. The van der Waals surface area contributed by atoms with E-state index in [0.29, 0.717) is 5.75 Å². The molecule has 0 spiro atoms. The number of carboxylic acids is 1. The normalized spacial score (nSPS) is 11.4. The Hall–Kier alpha value is -3.15. The maximum absolute atomic E-state index is 12.0. The van der Waals surface area contributed by atoms with Gasteiger partial charge in [0.1, 0.15) is 5.75 Å². The summed E-state index contributed by atoms with van der Waals surface area (Å²) in [4.78, 5) is 22.4. The fraction of sp³-hybridized carbons (Fsp3) is 0.286. The molecule has 6 nitrogen and oxygen atoms in total. The van der Waals surface area contributed by atoms with Gasteiger partial charge in [-0.05, 0) is 46.4 Å². The lowest BCUT2D eigenvalue weighted by molar-refractivity contribution is -0.139. The summed E-state index contributed by atoms with van der Waals surface area (Å²) < 4.78 is 5.05. The largest absolute Gasteiger partial charge is 0.482 e. The standard InChI is InChI=1S/C21H24N2O4/c1-21(2,3)17-8-4-15(5-9-17)12-19(24)23-22-13-16-6-10-18(11-7-16)27-14-20(25)26/h4-11,13H,12,14H2,1-3H3,(H,23,24)(H,25,26)/b22-13-. The van der Waals surface area contributed by atoms with Crippen molar-refractivity contribution in [3.63, 3.8) is 0 Å². The lowest BCUT2D eigenvalue weighted by Gasteiger charge is -2.19. The lowest BCUT2D eigenvalue weighted by Crippen LogP contribution is -2.20. The fourth-order valence-electron chi connectivity index (χ4n) is 2.32.